The predicted octanol–water partition coefficient (Wildman–Crippen LogP) is 3.61. The quantitative estimate of drug-likeness (QED) is 0.802. The molecule has 0 atom stereocenters. The van der Waals surface area contributed by atoms with Gasteiger partial charge in [-0.05, 0) is 37.2 Å². The van der Waals surface area contributed by atoms with Crippen LogP contribution in [0.1, 0.15) is 31.0 Å². The normalized spacial score (nSPS) is 10.6. The lowest BCUT2D eigenvalue weighted by Crippen LogP contribution is -2.24. The number of rotatable bonds is 8. The number of para-hydroxylation sites is 1. The lowest BCUT2D eigenvalue weighted by molar-refractivity contribution is 0.707. The third-order valence-corrected chi connectivity index (χ3v) is 3.52. The van der Waals surface area contributed by atoms with Crippen molar-refractivity contribution in [3.8, 4) is 0 Å². The summed E-state index contributed by atoms with van der Waals surface area (Å²) in [4.78, 5) is 7.00. The summed E-state index contributed by atoms with van der Waals surface area (Å²) in [6.45, 7) is 5.03. The molecule has 0 radical (unpaired) electrons. The van der Waals surface area contributed by atoms with E-state index in [1.54, 1.807) is 0 Å². The molecule has 0 saturated carbocycles. The zero-order valence-electron chi connectivity index (χ0n) is 13.0. The summed E-state index contributed by atoms with van der Waals surface area (Å²) in [6, 6.07) is 14.9. The second-order valence-corrected chi connectivity index (χ2v) is 5.30. The van der Waals surface area contributed by atoms with E-state index in [-0.39, 0.29) is 0 Å². The molecule has 0 amide bonds. The smallest absolute Gasteiger partial charge is 0.0602 e. The van der Waals surface area contributed by atoms with Crippen molar-refractivity contribution >= 4 is 5.69 Å². The van der Waals surface area contributed by atoms with Crippen LogP contribution >= 0.6 is 0 Å². The van der Waals surface area contributed by atoms with Crippen molar-refractivity contribution in [1.29, 1.82) is 0 Å². The molecular formula is C18H25N3. The second-order valence-electron chi connectivity index (χ2n) is 5.30. The summed E-state index contributed by atoms with van der Waals surface area (Å²) < 4.78 is 0. The van der Waals surface area contributed by atoms with Crippen LogP contribution in [0.3, 0.4) is 0 Å². The standard InChI is InChI=1S/C18H25N3/c1-3-4-12-21(18-8-6-5-7-9-18)15-17-11-10-16(13-19-2)14-20-17/h5-11,14,19H,3-4,12-13,15H2,1-2H3. The Hall–Kier alpha value is -1.87. The SMILES string of the molecule is CCCCN(Cc1ccc(CNC)cn1)c1ccccc1. The highest BCUT2D eigenvalue weighted by Crippen LogP contribution is 2.17. The molecule has 112 valence electrons. The fourth-order valence-corrected chi connectivity index (χ4v) is 2.34. The molecule has 1 N–H and O–H groups in total. The number of hydrogen-bond donors (Lipinski definition) is 1. The molecule has 0 saturated heterocycles. The molecule has 0 spiro atoms. The van der Waals surface area contributed by atoms with Crippen LogP contribution in [-0.2, 0) is 13.1 Å². The molecule has 0 fully saturated rings. The Morgan fingerprint density at radius 1 is 1.10 bits per heavy atom. The van der Waals surface area contributed by atoms with Crippen LogP contribution in [0.5, 0.6) is 0 Å². The zero-order valence-corrected chi connectivity index (χ0v) is 13.0. The molecule has 0 aliphatic rings. The number of nitrogens with zero attached hydrogens (tertiary/aromatic N) is 2. The Morgan fingerprint density at radius 3 is 2.52 bits per heavy atom. The first kappa shape index (κ1) is 15.5. The number of benzene rings is 1. The Bertz CT molecular complexity index is 508. The number of anilines is 1. The largest absolute Gasteiger partial charge is 0.366 e. The van der Waals surface area contributed by atoms with Crippen LogP contribution in [0.2, 0.25) is 0 Å². The molecular weight excluding hydrogens is 258 g/mol. The van der Waals surface area contributed by atoms with Crippen molar-refractivity contribution in [2.75, 3.05) is 18.5 Å². The molecule has 0 aliphatic heterocycles. The maximum Gasteiger partial charge on any atom is 0.0602 e. The minimum absolute atomic E-state index is 0.865. The highest BCUT2D eigenvalue weighted by atomic mass is 15.1. The summed E-state index contributed by atoms with van der Waals surface area (Å²) in [6.07, 6.45) is 4.37. The first-order chi connectivity index (χ1) is 10.3. The van der Waals surface area contributed by atoms with Crippen LogP contribution < -0.4 is 10.2 Å². The number of nitrogens with one attached hydrogen (secondary N) is 1. The average Bonchev–Trinajstić information content (AvgIpc) is 2.54. The molecule has 0 bridgehead atoms. The molecule has 2 aromatic rings. The summed E-state index contributed by atoms with van der Waals surface area (Å²) in [5, 5.41) is 3.15. The summed E-state index contributed by atoms with van der Waals surface area (Å²) in [5.74, 6) is 0. The van der Waals surface area contributed by atoms with E-state index in [0.29, 0.717) is 0 Å². The highest BCUT2D eigenvalue weighted by Gasteiger charge is 2.07. The summed E-state index contributed by atoms with van der Waals surface area (Å²) in [7, 11) is 1.95. The van der Waals surface area contributed by atoms with Crippen molar-refractivity contribution in [2.24, 2.45) is 0 Å². The minimum Gasteiger partial charge on any atom is -0.366 e. The van der Waals surface area contributed by atoms with E-state index in [4.69, 9.17) is 0 Å². The van der Waals surface area contributed by atoms with Gasteiger partial charge in [0, 0.05) is 25.0 Å². The molecule has 1 aromatic heterocycles. The zero-order chi connectivity index (χ0) is 14.9. The van der Waals surface area contributed by atoms with Gasteiger partial charge in [-0.3, -0.25) is 4.98 Å². The molecule has 0 unspecified atom stereocenters. The van der Waals surface area contributed by atoms with Gasteiger partial charge in [0.2, 0.25) is 0 Å². The van der Waals surface area contributed by atoms with E-state index >= 15 is 0 Å². The molecule has 2 rings (SSSR count). The fourth-order valence-electron chi connectivity index (χ4n) is 2.34. The third-order valence-electron chi connectivity index (χ3n) is 3.52. The maximum absolute atomic E-state index is 4.59. The number of hydrogen-bond acceptors (Lipinski definition) is 3. The number of unbranched alkanes of at least 4 members (excludes halogenated alkanes) is 1. The molecule has 1 heterocycles. The summed E-state index contributed by atoms with van der Waals surface area (Å²) in [5.41, 5.74) is 3.61. The minimum atomic E-state index is 0.865. The highest BCUT2D eigenvalue weighted by molar-refractivity contribution is 5.46. The van der Waals surface area contributed by atoms with Gasteiger partial charge in [-0.25, -0.2) is 0 Å². The first-order valence-corrected chi connectivity index (χ1v) is 7.72. The van der Waals surface area contributed by atoms with Gasteiger partial charge in [0.15, 0.2) is 0 Å². The summed E-state index contributed by atoms with van der Waals surface area (Å²) >= 11 is 0. The fraction of sp³-hybridized carbons (Fsp3) is 0.389. The van der Waals surface area contributed by atoms with Crippen molar-refractivity contribution in [1.82, 2.24) is 10.3 Å². The van der Waals surface area contributed by atoms with E-state index in [1.165, 1.54) is 24.1 Å². The molecule has 21 heavy (non-hydrogen) atoms. The van der Waals surface area contributed by atoms with Gasteiger partial charge >= 0.3 is 0 Å². The van der Waals surface area contributed by atoms with Crippen molar-refractivity contribution < 1.29 is 0 Å². The van der Waals surface area contributed by atoms with Crippen molar-refractivity contribution in [3.05, 3.63) is 59.9 Å². The van der Waals surface area contributed by atoms with Gasteiger partial charge in [-0.2, -0.15) is 0 Å². The lowest BCUT2D eigenvalue weighted by atomic mass is 10.2. The van der Waals surface area contributed by atoms with Crippen LogP contribution in [-0.4, -0.2) is 18.6 Å². The maximum atomic E-state index is 4.59. The van der Waals surface area contributed by atoms with Gasteiger partial charge in [0.1, 0.15) is 0 Å². The van der Waals surface area contributed by atoms with E-state index in [0.717, 1.165) is 25.3 Å². The second kappa shape index (κ2) is 8.42. The van der Waals surface area contributed by atoms with Gasteiger partial charge in [-0.15, -0.1) is 0 Å². The Morgan fingerprint density at radius 2 is 1.90 bits per heavy atom. The molecule has 3 nitrogen and oxygen atoms in total. The molecule has 0 aliphatic carbocycles. The van der Waals surface area contributed by atoms with Gasteiger partial charge in [0.25, 0.3) is 0 Å². The first-order valence-electron chi connectivity index (χ1n) is 7.72. The van der Waals surface area contributed by atoms with Gasteiger partial charge in [-0.1, -0.05) is 37.6 Å². The van der Waals surface area contributed by atoms with E-state index in [9.17, 15) is 0 Å². The molecule has 3 heteroatoms. The topological polar surface area (TPSA) is 28.2 Å². The van der Waals surface area contributed by atoms with E-state index in [2.05, 4.69) is 64.6 Å². The van der Waals surface area contributed by atoms with Gasteiger partial charge in [0.05, 0.1) is 12.2 Å². The van der Waals surface area contributed by atoms with Crippen LogP contribution in [0.15, 0.2) is 48.7 Å². The monoisotopic (exact) mass is 283 g/mol. The predicted molar refractivity (Wildman–Crippen MR) is 89.4 cm³/mol. The Balaban J connectivity index is 2.07. The van der Waals surface area contributed by atoms with Crippen molar-refractivity contribution in [2.45, 2.75) is 32.9 Å². The molecule has 1 aromatic carbocycles. The Labute approximate surface area is 128 Å². The van der Waals surface area contributed by atoms with Gasteiger partial charge < -0.3 is 10.2 Å². The Kier molecular flexibility index (Phi) is 6.22. The van der Waals surface area contributed by atoms with Crippen LogP contribution in [0.4, 0.5) is 5.69 Å². The average molecular weight is 283 g/mol. The van der Waals surface area contributed by atoms with E-state index < -0.39 is 0 Å². The van der Waals surface area contributed by atoms with Crippen LogP contribution in [0, 0.1) is 0 Å². The third kappa shape index (κ3) is 4.87. The van der Waals surface area contributed by atoms with Crippen LogP contribution in [0.25, 0.3) is 0 Å². The van der Waals surface area contributed by atoms with E-state index in [1.807, 2.05) is 13.2 Å². The number of pyridine rings is 1. The lowest BCUT2D eigenvalue weighted by Gasteiger charge is -2.24. The number of aromatic nitrogens is 1. The van der Waals surface area contributed by atoms with Crippen molar-refractivity contribution in [3.63, 3.8) is 0 Å².